The number of hydrogen-bond donors (Lipinski definition) is 2. The van der Waals surface area contributed by atoms with Crippen molar-refractivity contribution in [1.29, 1.82) is 0 Å². The zero-order valence-corrected chi connectivity index (χ0v) is 18.6. The predicted octanol–water partition coefficient (Wildman–Crippen LogP) is 3.74. The number of nitrogen functional groups attached to an aromatic ring is 1. The summed E-state index contributed by atoms with van der Waals surface area (Å²) in [7, 11) is 0. The first-order valence-electron chi connectivity index (χ1n) is 11.6. The van der Waals surface area contributed by atoms with E-state index in [0.717, 1.165) is 30.6 Å². The Kier molecular flexibility index (Phi) is 4.96. The summed E-state index contributed by atoms with van der Waals surface area (Å²) in [6.45, 7) is 2.60. The number of rotatable bonds is 4. The number of fused-ring (bicyclic) bond motifs is 2. The smallest absolute Gasteiger partial charge is 0.383 e. The van der Waals surface area contributed by atoms with Crippen LogP contribution in [0.25, 0.3) is 11.3 Å². The van der Waals surface area contributed by atoms with Crippen LogP contribution in [0.1, 0.15) is 48.8 Å². The molecule has 180 valence electrons. The van der Waals surface area contributed by atoms with Crippen molar-refractivity contribution in [1.82, 2.24) is 29.6 Å². The summed E-state index contributed by atoms with van der Waals surface area (Å²) in [5.74, 6) is 1.01. The number of ether oxygens (including phenoxy) is 1. The summed E-state index contributed by atoms with van der Waals surface area (Å²) in [5, 5.41) is 4.63. The maximum Gasteiger partial charge on any atom is 0.419 e. The Hall–Kier alpha value is -2.92. The maximum atomic E-state index is 13.4. The minimum atomic E-state index is -4.58. The molecule has 1 saturated heterocycles. The summed E-state index contributed by atoms with van der Waals surface area (Å²) >= 11 is 0. The molecule has 2 atom stereocenters. The van der Waals surface area contributed by atoms with E-state index in [1.807, 2.05) is 16.9 Å². The zero-order valence-electron chi connectivity index (χ0n) is 18.6. The molecule has 0 aromatic carbocycles. The molecule has 8 nitrogen and oxygen atoms in total. The summed E-state index contributed by atoms with van der Waals surface area (Å²) in [6, 6.07) is 3.08. The van der Waals surface area contributed by atoms with Gasteiger partial charge in [0, 0.05) is 37.2 Å². The lowest BCUT2D eigenvalue weighted by molar-refractivity contribution is -0.137. The van der Waals surface area contributed by atoms with Crippen LogP contribution in [-0.2, 0) is 23.1 Å². The number of aromatic amines is 1. The van der Waals surface area contributed by atoms with Crippen molar-refractivity contribution in [3.63, 3.8) is 0 Å². The average molecular weight is 474 g/mol. The first-order chi connectivity index (χ1) is 16.3. The second-order valence-corrected chi connectivity index (χ2v) is 9.47. The van der Waals surface area contributed by atoms with Crippen LogP contribution in [0.2, 0.25) is 0 Å². The number of nitrogens with one attached hydrogen (secondary N) is 1. The fraction of sp³-hybridized carbons (Fsp3) is 0.522. The SMILES string of the molecule is Nc1ncc(-c2cc3n(n2)CCO[C@@]32CCN(C(c3ncc[nH]3)C3CCC3)C2)cc1C(F)(F)F. The number of anilines is 1. The van der Waals surface area contributed by atoms with Crippen molar-refractivity contribution < 1.29 is 17.9 Å². The van der Waals surface area contributed by atoms with E-state index in [1.165, 1.54) is 25.5 Å². The largest absolute Gasteiger partial charge is 0.419 e. The molecule has 2 fully saturated rings. The first-order valence-corrected chi connectivity index (χ1v) is 11.6. The quantitative estimate of drug-likeness (QED) is 0.599. The summed E-state index contributed by atoms with van der Waals surface area (Å²) in [4.78, 5) is 14.1. The van der Waals surface area contributed by atoms with E-state index < -0.39 is 23.2 Å². The Morgan fingerprint density at radius 2 is 2.06 bits per heavy atom. The fourth-order valence-corrected chi connectivity index (χ4v) is 5.60. The van der Waals surface area contributed by atoms with Gasteiger partial charge in [-0.25, -0.2) is 9.97 Å². The molecule has 6 rings (SSSR count). The number of aromatic nitrogens is 5. The van der Waals surface area contributed by atoms with E-state index in [9.17, 15) is 13.2 Å². The van der Waals surface area contributed by atoms with Crippen LogP contribution in [0.3, 0.4) is 0 Å². The van der Waals surface area contributed by atoms with Crippen molar-refractivity contribution >= 4 is 5.82 Å². The van der Waals surface area contributed by atoms with Crippen molar-refractivity contribution in [2.75, 3.05) is 25.4 Å². The van der Waals surface area contributed by atoms with Gasteiger partial charge in [0.1, 0.15) is 17.2 Å². The zero-order chi connectivity index (χ0) is 23.5. The number of pyridine rings is 1. The lowest BCUT2D eigenvalue weighted by atomic mass is 9.78. The third kappa shape index (κ3) is 3.49. The number of nitrogens with zero attached hydrogens (tertiary/aromatic N) is 5. The van der Waals surface area contributed by atoms with Gasteiger partial charge in [-0.05, 0) is 37.3 Å². The van der Waals surface area contributed by atoms with Crippen molar-refractivity contribution in [3.8, 4) is 11.3 Å². The number of nitrogens with two attached hydrogens (primary N) is 1. The Bertz CT molecular complexity index is 1190. The van der Waals surface area contributed by atoms with E-state index in [0.29, 0.717) is 31.3 Å². The molecule has 3 aliphatic rings. The van der Waals surface area contributed by atoms with E-state index >= 15 is 0 Å². The lowest BCUT2D eigenvalue weighted by Crippen LogP contribution is -2.43. The summed E-state index contributed by atoms with van der Waals surface area (Å²) in [5.41, 5.74) is 5.61. The van der Waals surface area contributed by atoms with E-state index in [2.05, 4.69) is 25.0 Å². The molecule has 0 amide bonds. The monoisotopic (exact) mass is 473 g/mol. The van der Waals surface area contributed by atoms with Gasteiger partial charge in [-0.15, -0.1) is 0 Å². The molecule has 11 heteroatoms. The van der Waals surface area contributed by atoms with Crippen LogP contribution in [0.15, 0.2) is 30.7 Å². The molecule has 2 aliphatic heterocycles. The normalized spacial score (nSPS) is 24.3. The molecule has 1 saturated carbocycles. The lowest BCUT2D eigenvalue weighted by Gasteiger charge is -2.40. The third-order valence-electron chi connectivity index (χ3n) is 7.50. The van der Waals surface area contributed by atoms with Gasteiger partial charge in [0.05, 0.1) is 36.1 Å². The number of likely N-dealkylation sites (tertiary alicyclic amines) is 1. The second-order valence-electron chi connectivity index (χ2n) is 9.47. The molecule has 1 spiro atoms. The molecule has 3 N–H and O–H groups in total. The highest BCUT2D eigenvalue weighted by Gasteiger charge is 2.49. The maximum absolute atomic E-state index is 13.4. The Balaban J connectivity index is 1.32. The van der Waals surface area contributed by atoms with Gasteiger partial charge < -0.3 is 15.5 Å². The highest BCUT2D eigenvalue weighted by molar-refractivity contribution is 5.63. The van der Waals surface area contributed by atoms with Crippen LogP contribution >= 0.6 is 0 Å². The number of H-pyrrole nitrogens is 1. The molecular formula is C23H26F3N7O. The number of imidazole rings is 1. The van der Waals surface area contributed by atoms with E-state index in [-0.39, 0.29) is 11.6 Å². The summed E-state index contributed by atoms with van der Waals surface area (Å²) < 4.78 is 48.4. The Morgan fingerprint density at radius 1 is 1.21 bits per heavy atom. The molecule has 0 bridgehead atoms. The molecule has 3 aromatic rings. The number of hydrogen-bond acceptors (Lipinski definition) is 6. The molecular weight excluding hydrogens is 447 g/mol. The van der Waals surface area contributed by atoms with Crippen LogP contribution < -0.4 is 5.73 Å². The van der Waals surface area contributed by atoms with Crippen molar-refractivity contribution in [3.05, 3.63) is 47.8 Å². The van der Waals surface area contributed by atoms with Crippen molar-refractivity contribution in [2.45, 2.75) is 50.0 Å². The van der Waals surface area contributed by atoms with E-state index in [4.69, 9.17) is 10.5 Å². The molecule has 1 unspecified atom stereocenters. The molecule has 0 radical (unpaired) electrons. The standard InChI is InChI=1S/C23H26F3N7O/c24-23(25,26)16-10-15(12-30-20(16)27)17-11-18-22(34-9-8-33(18)31-17)4-7-32(13-22)19(14-2-1-3-14)21-28-5-6-29-21/h5-6,10-12,14,19H,1-4,7-9,13H2,(H2,27,30)(H,28,29)/t19?,22-/m1/s1. The number of alkyl halides is 3. The Labute approximate surface area is 194 Å². The van der Waals surface area contributed by atoms with Crippen LogP contribution in [0.5, 0.6) is 0 Å². The number of halogens is 3. The highest BCUT2D eigenvalue weighted by atomic mass is 19.4. The van der Waals surface area contributed by atoms with Crippen LogP contribution in [0, 0.1) is 5.92 Å². The van der Waals surface area contributed by atoms with Crippen LogP contribution in [0.4, 0.5) is 19.0 Å². The first kappa shape index (κ1) is 21.6. The highest BCUT2D eigenvalue weighted by Crippen LogP contribution is 2.47. The Morgan fingerprint density at radius 3 is 2.76 bits per heavy atom. The molecule has 34 heavy (non-hydrogen) atoms. The minimum absolute atomic E-state index is 0.208. The van der Waals surface area contributed by atoms with E-state index in [1.54, 1.807) is 6.20 Å². The second kappa shape index (κ2) is 7.81. The summed E-state index contributed by atoms with van der Waals surface area (Å²) in [6.07, 6.45) is 4.82. The fourth-order valence-electron chi connectivity index (χ4n) is 5.60. The van der Waals surface area contributed by atoms with Gasteiger partial charge in [-0.3, -0.25) is 9.58 Å². The van der Waals surface area contributed by atoms with Gasteiger partial charge in [0.15, 0.2) is 0 Å². The third-order valence-corrected chi connectivity index (χ3v) is 7.50. The van der Waals surface area contributed by atoms with Crippen molar-refractivity contribution in [2.24, 2.45) is 5.92 Å². The molecule has 3 aromatic heterocycles. The minimum Gasteiger partial charge on any atom is -0.383 e. The topological polar surface area (TPSA) is 97.9 Å². The van der Waals surface area contributed by atoms with Gasteiger partial charge in [0.25, 0.3) is 0 Å². The van der Waals surface area contributed by atoms with Gasteiger partial charge in [-0.1, -0.05) is 6.42 Å². The van der Waals surface area contributed by atoms with Gasteiger partial charge in [0.2, 0.25) is 0 Å². The molecule has 5 heterocycles. The van der Waals surface area contributed by atoms with Gasteiger partial charge in [-0.2, -0.15) is 18.3 Å². The van der Waals surface area contributed by atoms with Crippen LogP contribution in [-0.4, -0.2) is 49.3 Å². The van der Waals surface area contributed by atoms with Gasteiger partial charge >= 0.3 is 6.18 Å². The molecule has 1 aliphatic carbocycles. The average Bonchev–Trinajstić information content (AvgIpc) is 3.51. The predicted molar refractivity (Wildman–Crippen MR) is 117 cm³/mol.